The Labute approximate surface area is 183 Å². The van der Waals surface area contributed by atoms with E-state index in [0.717, 1.165) is 15.2 Å². The molecule has 0 aliphatic carbocycles. The molecule has 4 rings (SSSR count). The minimum Gasteiger partial charge on any atom is -0.416 e. The van der Waals surface area contributed by atoms with Gasteiger partial charge in [-0.25, -0.2) is 13.4 Å². The lowest BCUT2D eigenvalue weighted by molar-refractivity contribution is -0.128. The lowest BCUT2D eigenvalue weighted by atomic mass is 10.1. The predicted octanol–water partition coefficient (Wildman–Crippen LogP) is 2.97. The Morgan fingerprint density at radius 3 is 2.90 bits per heavy atom. The molecule has 2 atom stereocenters. The summed E-state index contributed by atoms with van der Waals surface area (Å²) >= 11 is 2.77. The lowest BCUT2D eigenvalue weighted by Gasteiger charge is -2.22. The fourth-order valence-corrected chi connectivity index (χ4v) is 6.96. The molecule has 1 amide bonds. The molecule has 1 saturated heterocycles. The van der Waals surface area contributed by atoms with Crippen molar-refractivity contribution < 1.29 is 17.6 Å². The van der Waals surface area contributed by atoms with Crippen molar-refractivity contribution in [3.8, 4) is 0 Å². The van der Waals surface area contributed by atoms with Gasteiger partial charge in [0.1, 0.15) is 5.01 Å². The highest BCUT2D eigenvalue weighted by atomic mass is 32.2. The van der Waals surface area contributed by atoms with Gasteiger partial charge in [0.05, 0.1) is 33.5 Å². The molecule has 0 unspecified atom stereocenters. The number of sulfone groups is 1. The smallest absolute Gasteiger partial charge is 0.277 e. The van der Waals surface area contributed by atoms with Gasteiger partial charge in [-0.15, -0.1) is 21.5 Å². The maximum absolute atomic E-state index is 12.6. The van der Waals surface area contributed by atoms with E-state index in [1.54, 1.807) is 23.3 Å². The summed E-state index contributed by atoms with van der Waals surface area (Å²) in [7, 11) is -1.17. The van der Waals surface area contributed by atoms with Crippen LogP contribution in [-0.4, -0.2) is 58.7 Å². The Hall–Kier alpha value is -1.98. The fourth-order valence-electron chi connectivity index (χ4n) is 3.33. The van der Waals surface area contributed by atoms with Crippen molar-refractivity contribution in [2.75, 3.05) is 24.3 Å². The largest absolute Gasteiger partial charge is 0.416 e. The summed E-state index contributed by atoms with van der Waals surface area (Å²) in [5, 5.41) is 9.18. The van der Waals surface area contributed by atoms with E-state index >= 15 is 0 Å². The molecule has 11 heteroatoms. The molecule has 0 saturated carbocycles. The van der Waals surface area contributed by atoms with Gasteiger partial charge in [0.2, 0.25) is 11.8 Å². The first-order valence-electron chi connectivity index (χ1n) is 9.57. The van der Waals surface area contributed by atoms with Crippen LogP contribution in [0.2, 0.25) is 0 Å². The third-order valence-corrected chi connectivity index (χ3v) is 9.05. The molecule has 1 aliphatic heterocycles. The van der Waals surface area contributed by atoms with Gasteiger partial charge in [-0.1, -0.05) is 23.9 Å². The fraction of sp³-hybridized carbons (Fsp3) is 0.474. The van der Waals surface area contributed by atoms with Crippen molar-refractivity contribution in [3.05, 3.63) is 35.2 Å². The second kappa shape index (κ2) is 8.64. The molecule has 0 radical (unpaired) electrons. The topological polar surface area (TPSA) is 106 Å². The number of thioether (sulfide) groups is 1. The molecular weight excluding hydrogens is 444 g/mol. The van der Waals surface area contributed by atoms with Gasteiger partial charge in [0, 0.05) is 13.5 Å². The van der Waals surface area contributed by atoms with Crippen LogP contribution >= 0.6 is 23.1 Å². The molecule has 1 aliphatic rings. The maximum atomic E-state index is 12.6. The number of hydrogen-bond donors (Lipinski definition) is 0. The number of hydrogen-bond acceptors (Lipinski definition) is 9. The molecule has 30 heavy (non-hydrogen) atoms. The molecule has 8 nitrogen and oxygen atoms in total. The summed E-state index contributed by atoms with van der Waals surface area (Å²) in [4.78, 5) is 18.9. The number of thiazole rings is 1. The summed E-state index contributed by atoms with van der Waals surface area (Å²) in [5.41, 5.74) is 0.938. The van der Waals surface area contributed by atoms with Gasteiger partial charge < -0.3 is 9.32 Å². The third kappa shape index (κ3) is 4.84. The summed E-state index contributed by atoms with van der Waals surface area (Å²) in [6.45, 7) is 1.96. The number of para-hydroxylation sites is 1. The molecule has 1 fully saturated rings. The number of aromatic nitrogens is 3. The van der Waals surface area contributed by atoms with Gasteiger partial charge in [0.15, 0.2) is 9.84 Å². The lowest BCUT2D eigenvalue weighted by Crippen LogP contribution is -2.31. The molecule has 0 N–H and O–H groups in total. The molecule has 1 aromatic carbocycles. The molecular formula is C19H22N4O4S3. The van der Waals surface area contributed by atoms with E-state index in [0.29, 0.717) is 24.0 Å². The van der Waals surface area contributed by atoms with Crippen LogP contribution in [0.5, 0.6) is 0 Å². The quantitative estimate of drug-likeness (QED) is 0.489. The number of carbonyl (C=O) groups excluding carboxylic acids is 1. The van der Waals surface area contributed by atoms with E-state index in [-0.39, 0.29) is 35.1 Å². The first kappa shape index (κ1) is 21.3. The van der Waals surface area contributed by atoms with E-state index in [1.807, 2.05) is 31.2 Å². The van der Waals surface area contributed by atoms with Crippen LogP contribution < -0.4 is 0 Å². The zero-order valence-electron chi connectivity index (χ0n) is 16.6. The highest BCUT2D eigenvalue weighted by Crippen LogP contribution is 2.29. The molecule has 2 aromatic heterocycles. The number of fused-ring (bicyclic) bond motifs is 1. The van der Waals surface area contributed by atoms with Crippen LogP contribution in [0.25, 0.3) is 10.2 Å². The van der Waals surface area contributed by atoms with Crippen LogP contribution in [0.4, 0.5) is 0 Å². The van der Waals surface area contributed by atoms with E-state index in [9.17, 15) is 13.2 Å². The number of carbonyl (C=O) groups is 1. The molecule has 0 spiro atoms. The van der Waals surface area contributed by atoms with Crippen molar-refractivity contribution >= 4 is 49.1 Å². The normalized spacial score (nSPS) is 19.2. The van der Waals surface area contributed by atoms with Crippen LogP contribution in [0.1, 0.15) is 30.3 Å². The second-order valence-electron chi connectivity index (χ2n) is 7.42. The minimum absolute atomic E-state index is 0.0238. The molecule has 3 heterocycles. The molecule has 3 aromatic rings. The highest BCUT2D eigenvalue weighted by molar-refractivity contribution is 7.99. The van der Waals surface area contributed by atoms with Crippen molar-refractivity contribution in [1.82, 2.24) is 20.1 Å². The molecule has 160 valence electrons. The van der Waals surface area contributed by atoms with Crippen molar-refractivity contribution in [2.24, 2.45) is 5.92 Å². The standard InChI is InChI=1S/C19H22N4O4S3/c1-12(18-20-14-5-3-4-6-15(14)29-18)23(2)17(24)10-28-19-22-21-16(27-19)9-13-7-8-30(25,26)11-13/h3-6,12-13H,7-11H2,1-2H3/t12-,13-/m1/s1. The highest BCUT2D eigenvalue weighted by Gasteiger charge is 2.29. The number of nitrogens with zero attached hydrogens (tertiary/aromatic N) is 4. The Kier molecular flexibility index (Phi) is 6.12. The minimum atomic E-state index is -2.93. The van der Waals surface area contributed by atoms with Gasteiger partial charge in [-0.05, 0) is 31.4 Å². The summed E-state index contributed by atoms with van der Waals surface area (Å²) in [5.74, 6) is 0.948. The first-order chi connectivity index (χ1) is 14.3. The summed E-state index contributed by atoms with van der Waals surface area (Å²) < 4.78 is 29.8. The van der Waals surface area contributed by atoms with Gasteiger partial charge in [-0.3, -0.25) is 4.79 Å². The number of rotatable bonds is 7. The Bertz CT molecular complexity index is 1120. The SMILES string of the molecule is C[C@H](c1nc2ccccc2s1)N(C)C(=O)CSc1nnc(C[C@H]2CCS(=O)(=O)C2)o1. The third-order valence-electron chi connectivity index (χ3n) is 5.20. The van der Waals surface area contributed by atoms with Crippen molar-refractivity contribution in [3.63, 3.8) is 0 Å². The van der Waals surface area contributed by atoms with Crippen LogP contribution in [-0.2, 0) is 21.1 Å². The average molecular weight is 467 g/mol. The summed E-state index contributed by atoms with van der Waals surface area (Å²) in [6.07, 6.45) is 1.08. The van der Waals surface area contributed by atoms with Crippen molar-refractivity contribution in [1.29, 1.82) is 0 Å². The number of benzene rings is 1. The Morgan fingerprint density at radius 2 is 2.17 bits per heavy atom. The Balaban J connectivity index is 1.31. The monoisotopic (exact) mass is 466 g/mol. The second-order valence-corrected chi connectivity index (χ2v) is 11.6. The van der Waals surface area contributed by atoms with Crippen LogP contribution in [0.3, 0.4) is 0 Å². The van der Waals surface area contributed by atoms with Crippen LogP contribution in [0.15, 0.2) is 33.9 Å². The van der Waals surface area contributed by atoms with E-state index in [2.05, 4.69) is 15.2 Å². The zero-order chi connectivity index (χ0) is 21.3. The van der Waals surface area contributed by atoms with E-state index in [4.69, 9.17) is 4.42 Å². The zero-order valence-corrected chi connectivity index (χ0v) is 19.1. The van der Waals surface area contributed by atoms with Gasteiger partial charge in [-0.2, -0.15) is 0 Å². The van der Waals surface area contributed by atoms with Crippen LogP contribution in [0, 0.1) is 5.92 Å². The van der Waals surface area contributed by atoms with Gasteiger partial charge in [0.25, 0.3) is 5.22 Å². The predicted molar refractivity (Wildman–Crippen MR) is 116 cm³/mol. The Morgan fingerprint density at radius 1 is 1.37 bits per heavy atom. The number of amides is 1. The van der Waals surface area contributed by atoms with Gasteiger partial charge >= 0.3 is 0 Å². The maximum Gasteiger partial charge on any atom is 0.277 e. The van der Waals surface area contributed by atoms with E-state index < -0.39 is 9.84 Å². The summed E-state index contributed by atoms with van der Waals surface area (Å²) in [6, 6.07) is 7.78. The van der Waals surface area contributed by atoms with E-state index in [1.165, 1.54) is 11.8 Å². The van der Waals surface area contributed by atoms with Crippen molar-refractivity contribution in [2.45, 2.75) is 31.0 Å². The first-order valence-corrected chi connectivity index (χ1v) is 13.2. The average Bonchev–Trinajstić information content (AvgIpc) is 3.43. The molecule has 0 bridgehead atoms.